The lowest BCUT2D eigenvalue weighted by molar-refractivity contribution is -0.160. The van der Waals surface area contributed by atoms with E-state index >= 15 is 0 Å². The maximum atomic E-state index is 12.1. The van der Waals surface area contributed by atoms with Gasteiger partial charge in [-0.1, -0.05) is 50.9 Å². The molecule has 0 radical (unpaired) electrons. The van der Waals surface area contributed by atoms with Gasteiger partial charge in [-0.2, -0.15) is 0 Å². The summed E-state index contributed by atoms with van der Waals surface area (Å²) in [5.74, 6) is 7.19. The van der Waals surface area contributed by atoms with Crippen LogP contribution < -0.4 is 0 Å². The highest BCUT2D eigenvalue weighted by Gasteiger charge is 2.59. The molecule has 0 unspecified atom stereocenters. The van der Waals surface area contributed by atoms with E-state index in [4.69, 9.17) is 0 Å². The summed E-state index contributed by atoms with van der Waals surface area (Å²) in [5, 5.41) is 20.6. The van der Waals surface area contributed by atoms with Crippen molar-refractivity contribution in [2.24, 2.45) is 23.2 Å². The van der Waals surface area contributed by atoms with Crippen LogP contribution in [-0.4, -0.2) is 28.2 Å². The second kappa shape index (κ2) is 6.95. The summed E-state index contributed by atoms with van der Waals surface area (Å²) in [7, 11) is 0. The fraction of sp³-hybridized carbons (Fsp3) is 0.850. The van der Waals surface area contributed by atoms with Crippen LogP contribution in [0.5, 0.6) is 0 Å². The highest BCUT2D eigenvalue weighted by atomic mass is 16.3. The average molecular weight is 318 g/mol. The molecular weight excluding hydrogens is 288 g/mol. The number of hydrogen-bond donors (Lipinski definition) is 2. The lowest BCUT2D eigenvalue weighted by Crippen LogP contribution is -2.58. The van der Waals surface area contributed by atoms with Crippen molar-refractivity contribution in [2.45, 2.75) is 83.3 Å². The van der Waals surface area contributed by atoms with E-state index in [1.165, 1.54) is 32.1 Å². The van der Waals surface area contributed by atoms with E-state index in [-0.39, 0.29) is 17.3 Å². The number of rotatable bonds is 3. The maximum Gasteiger partial charge on any atom is 0.139 e. The molecule has 2 N–H and O–H groups in total. The van der Waals surface area contributed by atoms with Crippen LogP contribution in [0.15, 0.2) is 0 Å². The molecule has 3 heteroatoms. The molecule has 3 rings (SSSR count). The molecular formula is C20H30O3. The predicted molar refractivity (Wildman–Crippen MR) is 89.5 cm³/mol. The zero-order chi connectivity index (χ0) is 16.4. The molecule has 5 atom stereocenters. The number of carbonyl (C=O) groups excluding carboxylic acids is 1. The zero-order valence-corrected chi connectivity index (χ0v) is 14.3. The third kappa shape index (κ3) is 3.21. The van der Waals surface area contributed by atoms with Crippen molar-refractivity contribution in [3.8, 4) is 11.8 Å². The monoisotopic (exact) mass is 318 g/mol. The van der Waals surface area contributed by atoms with Gasteiger partial charge in [0.05, 0.1) is 12.0 Å². The quantitative estimate of drug-likeness (QED) is 0.786. The first-order valence-electron chi connectivity index (χ1n) is 9.47. The highest BCUT2D eigenvalue weighted by molar-refractivity contribution is 5.91. The number of carbonyl (C=O) groups is 1. The van der Waals surface area contributed by atoms with Crippen molar-refractivity contribution >= 4 is 5.78 Å². The summed E-state index contributed by atoms with van der Waals surface area (Å²) in [5.41, 5.74) is -0.229. The molecule has 3 aliphatic rings. The van der Waals surface area contributed by atoms with E-state index in [1.807, 2.05) is 0 Å². The van der Waals surface area contributed by atoms with Crippen LogP contribution in [0.4, 0.5) is 0 Å². The lowest BCUT2D eigenvalue weighted by atomic mass is 9.48. The average Bonchev–Trinajstić information content (AvgIpc) is 2.55. The van der Waals surface area contributed by atoms with Gasteiger partial charge in [0, 0.05) is 11.8 Å². The summed E-state index contributed by atoms with van der Waals surface area (Å²) in [6.45, 7) is 2.07. The minimum Gasteiger partial charge on any atom is -0.392 e. The van der Waals surface area contributed by atoms with Crippen LogP contribution in [0.2, 0.25) is 0 Å². The fourth-order valence-electron chi connectivity index (χ4n) is 5.15. The zero-order valence-electron chi connectivity index (χ0n) is 14.3. The van der Waals surface area contributed by atoms with E-state index in [0.717, 1.165) is 19.3 Å². The molecule has 128 valence electrons. The summed E-state index contributed by atoms with van der Waals surface area (Å²) in [4.78, 5) is 12.1. The summed E-state index contributed by atoms with van der Waals surface area (Å²) < 4.78 is 0. The molecule has 0 aliphatic heterocycles. The topological polar surface area (TPSA) is 57.5 Å². The van der Waals surface area contributed by atoms with Gasteiger partial charge in [-0.15, -0.1) is 0 Å². The number of Topliss-reactive ketones (excluding diaryl/α,β-unsaturated/α-hetero) is 1. The van der Waals surface area contributed by atoms with Crippen molar-refractivity contribution < 1.29 is 15.0 Å². The molecule has 3 aliphatic carbocycles. The van der Waals surface area contributed by atoms with Crippen LogP contribution in [0.3, 0.4) is 0 Å². The Morgan fingerprint density at radius 2 is 2.00 bits per heavy atom. The summed E-state index contributed by atoms with van der Waals surface area (Å²) in [6, 6.07) is 0. The number of hydrogen-bond acceptors (Lipinski definition) is 3. The van der Waals surface area contributed by atoms with Crippen LogP contribution >= 0.6 is 0 Å². The van der Waals surface area contributed by atoms with Crippen LogP contribution in [-0.2, 0) is 4.79 Å². The molecule has 0 aromatic rings. The molecule has 3 saturated carbocycles. The van der Waals surface area contributed by atoms with Crippen LogP contribution in [0.25, 0.3) is 0 Å². The third-order valence-corrected chi connectivity index (χ3v) is 6.73. The summed E-state index contributed by atoms with van der Waals surface area (Å²) >= 11 is 0. The lowest BCUT2D eigenvalue weighted by Gasteiger charge is -2.54. The molecule has 23 heavy (non-hydrogen) atoms. The van der Waals surface area contributed by atoms with Gasteiger partial charge in [0.1, 0.15) is 11.9 Å². The Hall–Kier alpha value is -0.850. The first kappa shape index (κ1) is 17.0. The van der Waals surface area contributed by atoms with Gasteiger partial charge in [0.2, 0.25) is 0 Å². The first-order chi connectivity index (χ1) is 11.1. The van der Waals surface area contributed by atoms with Gasteiger partial charge in [0.25, 0.3) is 0 Å². The van der Waals surface area contributed by atoms with Crippen LogP contribution in [0, 0.1) is 35.0 Å². The van der Waals surface area contributed by atoms with Crippen molar-refractivity contribution in [2.75, 3.05) is 0 Å². The number of aliphatic hydroxyl groups is 2. The van der Waals surface area contributed by atoms with Crippen LogP contribution in [0.1, 0.15) is 71.1 Å². The van der Waals surface area contributed by atoms with E-state index in [0.29, 0.717) is 24.5 Å². The van der Waals surface area contributed by atoms with E-state index < -0.39 is 12.2 Å². The number of ketones is 1. The predicted octanol–water partition coefficient (Wildman–Crippen LogP) is 3.08. The van der Waals surface area contributed by atoms with Crippen molar-refractivity contribution in [1.82, 2.24) is 0 Å². The molecule has 0 heterocycles. The number of fused-ring (bicyclic) bond motifs is 1. The Morgan fingerprint density at radius 3 is 2.65 bits per heavy atom. The van der Waals surface area contributed by atoms with E-state index in [2.05, 4.69) is 18.8 Å². The minimum absolute atomic E-state index is 0.137. The minimum atomic E-state index is -0.584. The van der Waals surface area contributed by atoms with Gasteiger partial charge < -0.3 is 10.2 Å². The highest BCUT2D eigenvalue weighted by Crippen LogP contribution is 2.57. The Labute approximate surface area is 139 Å². The Balaban J connectivity index is 1.63. The van der Waals surface area contributed by atoms with Gasteiger partial charge in [-0.05, 0) is 37.5 Å². The standard InChI is InChI=1S/C20H30O3/c1-2-20-11-10-18(22)16(17(20)13-19(20)23)9-8-15(21)12-14-6-4-3-5-7-14/h14-18,21-22H,2-7,10-13H2,1H3/t15-,16+,17+,18+,20-/m1/s1. The third-order valence-electron chi connectivity index (χ3n) is 6.73. The molecule has 0 bridgehead atoms. The molecule has 3 fully saturated rings. The molecule has 0 aromatic heterocycles. The SMILES string of the molecule is CC[C@@]12CC[C@H](O)[C@@H](C#C[C@@H](O)CC3CCCCC3)[C@@H]1CC2=O. The van der Waals surface area contributed by atoms with Gasteiger partial charge in [0.15, 0.2) is 0 Å². The van der Waals surface area contributed by atoms with Crippen molar-refractivity contribution in [1.29, 1.82) is 0 Å². The second-order valence-corrected chi connectivity index (χ2v) is 7.92. The van der Waals surface area contributed by atoms with Crippen molar-refractivity contribution in [3.63, 3.8) is 0 Å². The van der Waals surface area contributed by atoms with Gasteiger partial charge in [-0.3, -0.25) is 4.79 Å². The summed E-state index contributed by atoms with van der Waals surface area (Å²) in [6.07, 6.45) is 8.90. The first-order valence-corrected chi connectivity index (χ1v) is 9.47. The molecule has 0 amide bonds. The Morgan fingerprint density at radius 1 is 1.26 bits per heavy atom. The Bertz CT molecular complexity index is 497. The van der Waals surface area contributed by atoms with E-state index in [1.54, 1.807) is 0 Å². The largest absolute Gasteiger partial charge is 0.392 e. The van der Waals surface area contributed by atoms with Crippen molar-refractivity contribution in [3.05, 3.63) is 0 Å². The van der Waals surface area contributed by atoms with E-state index in [9.17, 15) is 15.0 Å². The molecule has 3 nitrogen and oxygen atoms in total. The molecule has 0 saturated heterocycles. The van der Waals surface area contributed by atoms with Gasteiger partial charge in [-0.25, -0.2) is 0 Å². The normalized spacial score (nSPS) is 38.9. The fourth-order valence-corrected chi connectivity index (χ4v) is 5.15. The Kier molecular flexibility index (Phi) is 5.13. The maximum absolute atomic E-state index is 12.1. The molecule has 0 spiro atoms. The smallest absolute Gasteiger partial charge is 0.139 e. The molecule has 0 aromatic carbocycles. The number of aliphatic hydroxyl groups excluding tert-OH is 2. The van der Waals surface area contributed by atoms with Gasteiger partial charge >= 0.3 is 0 Å². The second-order valence-electron chi connectivity index (χ2n) is 7.92.